The fourth-order valence-electron chi connectivity index (χ4n) is 5.58. The van der Waals surface area contributed by atoms with Gasteiger partial charge in [-0.1, -0.05) is 37.6 Å². The number of hydrogen-bond acceptors (Lipinski definition) is 4. The summed E-state index contributed by atoms with van der Waals surface area (Å²) in [5, 5.41) is 7.83. The Hall–Kier alpha value is -3.42. The number of carbonyl (C=O) groups is 1. The zero-order chi connectivity index (χ0) is 28.9. The monoisotopic (exact) mass is 573 g/mol. The zero-order valence-electron chi connectivity index (χ0n) is 24.0. The predicted molar refractivity (Wildman–Crippen MR) is 170 cm³/mol. The first-order valence-corrected chi connectivity index (χ1v) is 14.4. The summed E-state index contributed by atoms with van der Waals surface area (Å²) in [5.41, 5.74) is 7.87. The molecule has 2 unspecified atom stereocenters. The van der Waals surface area contributed by atoms with Crippen LogP contribution in [0.3, 0.4) is 0 Å². The van der Waals surface area contributed by atoms with Gasteiger partial charge < -0.3 is 20.4 Å². The molecule has 2 aromatic carbocycles. The molecule has 0 aliphatic carbocycles. The standard InChI is InChI=1S/C32H36ClN5OS/c1-18(2)30(39)35-25-12-11-21(14-19(25)3)38-29(28(36-31(38)40)26-10-8-9-13-34-26)23-15-22-20(4)17-32(5,6)37(7)27(22)16-24(23)33/h8-18,28-29H,1-7H3,(H,35,39)(H,36,40). The summed E-state index contributed by atoms with van der Waals surface area (Å²) in [4.78, 5) is 21.4. The molecule has 1 amide bonds. The Morgan fingerprint density at radius 1 is 1.15 bits per heavy atom. The second-order valence-corrected chi connectivity index (χ2v) is 12.4. The van der Waals surface area contributed by atoms with Gasteiger partial charge in [0.1, 0.15) is 0 Å². The van der Waals surface area contributed by atoms with Crippen molar-refractivity contribution in [2.24, 2.45) is 5.92 Å². The van der Waals surface area contributed by atoms with E-state index in [1.807, 2.05) is 51.1 Å². The molecule has 8 heteroatoms. The zero-order valence-corrected chi connectivity index (χ0v) is 25.6. The van der Waals surface area contributed by atoms with Gasteiger partial charge in [0.05, 0.1) is 23.3 Å². The van der Waals surface area contributed by atoms with Gasteiger partial charge in [-0.2, -0.15) is 0 Å². The SMILES string of the molecule is CC1=CC(C)(C)N(C)c2cc(Cl)c(C3C(c4ccccn4)NC(=S)N3c3ccc(NC(=O)C(C)C)c(C)c3)cc21. The highest BCUT2D eigenvalue weighted by molar-refractivity contribution is 7.80. The van der Waals surface area contributed by atoms with E-state index in [-0.39, 0.29) is 29.4 Å². The van der Waals surface area contributed by atoms with Crippen LogP contribution in [0.15, 0.2) is 60.8 Å². The maximum atomic E-state index is 12.4. The van der Waals surface area contributed by atoms with Crippen LogP contribution in [0.4, 0.5) is 17.1 Å². The average Bonchev–Trinajstić information content (AvgIpc) is 3.25. The molecule has 6 nitrogen and oxygen atoms in total. The third-order valence-corrected chi connectivity index (χ3v) is 8.66. The lowest BCUT2D eigenvalue weighted by atomic mass is 9.86. The van der Waals surface area contributed by atoms with Gasteiger partial charge in [-0.15, -0.1) is 0 Å². The van der Waals surface area contributed by atoms with E-state index in [2.05, 4.69) is 77.5 Å². The second kappa shape index (κ2) is 10.5. The van der Waals surface area contributed by atoms with Gasteiger partial charge in [0, 0.05) is 46.8 Å². The van der Waals surface area contributed by atoms with Crippen LogP contribution < -0.4 is 20.4 Å². The van der Waals surface area contributed by atoms with E-state index in [1.54, 1.807) is 6.20 Å². The average molecular weight is 574 g/mol. The number of amides is 1. The van der Waals surface area contributed by atoms with E-state index in [0.717, 1.165) is 39.4 Å². The molecule has 0 bridgehead atoms. The molecule has 5 rings (SSSR count). The smallest absolute Gasteiger partial charge is 0.226 e. The highest BCUT2D eigenvalue weighted by Gasteiger charge is 2.42. The minimum absolute atomic E-state index is 0.0142. The predicted octanol–water partition coefficient (Wildman–Crippen LogP) is 7.45. The van der Waals surface area contributed by atoms with Crippen LogP contribution in [0.2, 0.25) is 5.02 Å². The first-order valence-electron chi connectivity index (χ1n) is 13.6. The molecular weight excluding hydrogens is 538 g/mol. The Labute approximate surface area is 247 Å². The Balaban J connectivity index is 1.64. The Morgan fingerprint density at radius 3 is 2.55 bits per heavy atom. The summed E-state index contributed by atoms with van der Waals surface area (Å²) in [6, 6.07) is 15.7. The van der Waals surface area contributed by atoms with Crippen molar-refractivity contribution >= 4 is 57.5 Å². The van der Waals surface area contributed by atoms with Crippen molar-refractivity contribution in [3.8, 4) is 0 Å². The topological polar surface area (TPSA) is 60.5 Å². The summed E-state index contributed by atoms with van der Waals surface area (Å²) in [6.07, 6.45) is 4.10. The molecular formula is C32H36ClN5OS. The van der Waals surface area contributed by atoms with E-state index < -0.39 is 0 Å². The van der Waals surface area contributed by atoms with Gasteiger partial charge in [-0.25, -0.2) is 0 Å². The Morgan fingerprint density at radius 2 is 1.90 bits per heavy atom. The van der Waals surface area contributed by atoms with Gasteiger partial charge in [-0.05, 0) is 99.1 Å². The minimum atomic E-state index is -0.247. The molecule has 3 aromatic rings. The maximum Gasteiger partial charge on any atom is 0.226 e. The van der Waals surface area contributed by atoms with E-state index in [0.29, 0.717) is 10.1 Å². The number of hydrogen-bond donors (Lipinski definition) is 2. The highest BCUT2D eigenvalue weighted by Crippen LogP contribution is 2.48. The van der Waals surface area contributed by atoms with Crippen LogP contribution in [-0.2, 0) is 4.79 Å². The largest absolute Gasteiger partial charge is 0.365 e. The van der Waals surface area contributed by atoms with Crippen LogP contribution in [0, 0.1) is 12.8 Å². The molecule has 1 saturated heterocycles. The first kappa shape index (κ1) is 28.1. The fourth-order valence-corrected chi connectivity index (χ4v) is 6.19. The second-order valence-electron chi connectivity index (χ2n) is 11.6. The Bertz CT molecular complexity index is 1520. The summed E-state index contributed by atoms with van der Waals surface area (Å²) >= 11 is 13.1. The molecule has 40 heavy (non-hydrogen) atoms. The Kier molecular flexibility index (Phi) is 7.40. The van der Waals surface area contributed by atoms with Crippen molar-refractivity contribution in [3.63, 3.8) is 0 Å². The first-order chi connectivity index (χ1) is 18.9. The van der Waals surface area contributed by atoms with Crippen LogP contribution in [-0.4, -0.2) is 28.6 Å². The molecule has 2 atom stereocenters. The van der Waals surface area contributed by atoms with Crippen LogP contribution in [0.5, 0.6) is 0 Å². The summed E-state index contributed by atoms with van der Waals surface area (Å²) in [7, 11) is 2.11. The molecule has 3 heterocycles. The number of pyridine rings is 1. The molecule has 0 radical (unpaired) electrons. The number of carbonyl (C=O) groups excluding carboxylic acids is 1. The van der Waals surface area contributed by atoms with Crippen molar-refractivity contribution in [2.45, 2.75) is 59.2 Å². The number of nitrogens with one attached hydrogen (secondary N) is 2. The third kappa shape index (κ3) is 4.97. The molecule has 2 N–H and O–H groups in total. The van der Waals surface area contributed by atoms with Gasteiger partial charge >= 0.3 is 0 Å². The quantitative estimate of drug-likeness (QED) is 0.309. The van der Waals surface area contributed by atoms with Crippen LogP contribution >= 0.6 is 23.8 Å². The van der Waals surface area contributed by atoms with Gasteiger partial charge in [0.25, 0.3) is 0 Å². The van der Waals surface area contributed by atoms with E-state index in [4.69, 9.17) is 23.8 Å². The van der Waals surface area contributed by atoms with Crippen LogP contribution in [0.1, 0.15) is 69.1 Å². The number of anilines is 3. The van der Waals surface area contributed by atoms with Gasteiger partial charge in [0.15, 0.2) is 5.11 Å². The molecule has 2 aliphatic heterocycles. The maximum absolute atomic E-state index is 12.4. The molecule has 0 saturated carbocycles. The van der Waals surface area contributed by atoms with E-state index in [9.17, 15) is 4.79 Å². The van der Waals surface area contributed by atoms with Gasteiger partial charge in [0.2, 0.25) is 5.91 Å². The van der Waals surface area contributed by atoms with Crippen molar-refractivity contribution in [1.82, 2.24) is 10.3 Å². The summed E-state index contributed by atoms with van der Waals surface area (Å²) in [5.74, 6) is -0.120. The van der Waals surface area contributed by atoms with E-state index in [1.165, 1.54) is 5.57 Å². The molecule has 1 fully saturated rings. The van der Waals surface area contributed by atoms with Crippen molar-refractivity contribution in [2.75, 3.05) is 22.2 Å². The summed E-state index contributed by atoms with van der Waals surface area (Å²) in [6.45, 7) is 12.3. The number of fused-ring (bicyclic) bond motifs is 1. The number of thiocarbonyl (C=S) groups is 1. The number of aryl methyl sites for hydroxylation is 1. The number of likely N-dealkylation sites (N-methyl/N-ethyl adjacent to an activating group) is 1. The highest BCUT2D eigenvalue weighted by atomic mass is 35.5. The normalized spacial score (nSPS) is 19.8. The number of allylic oxidation sites excluding steroid dienone is 1. The van der Waals surface area contributed by atoms with E-state index >= 15 is 0 Å². The molecule has 0 spiro atoms. The number of halogens is 1. The van der Waals surface area contributed by atoms with Crippen molar-refractivity contribution in [3.05, 3.63) is 88.2 Å². The molecule has 1 aromatic heterocycles. The molecule has 208 valence electrons. The number of nitrogens with zero attached hydrogens (tertiary/aromatic N) is 3. The third-order valence-electron chi connectivity index (χ3n) is 8.02. The minimum Gasteiger partial charge on any atom is -0.365 e. The number of benzene rings is 2. The van der Waals surface area contributed by atoms with Crippen molar-refractivity contribution < 1.29 is 4.79 Å². The van der Waals surface area contributed by atoms with Gasteiger partial charge in [-0.3, -0.25) is 9.78 Å². The number of rotatable bonds is 5. The fraction of sp³-hybridized carbons (Fsp3) is 0.344. The molecule has 2 aliphatic rings. The lowest BCUT2D eigenvalue weighted by Crippen LogP contribution is -2.42. The van der Waals surface area contributed by atoms with Crippen LogP contribution in [0.25, 0.3) is 5.57 Å². The lowest BCUT2D eigenvalue weighted by molar-refractivity contribution is -0.118. The lowest BCUT2D eigenvalue weighted by Gasteiger charge is -2.41. The summed E-state index contributed by atoms with van der Waals surface area (Å²) < 4.78 is 0. The van der Waals surface area contributed by atoms with Crippen molar-refractivity contribution in [1.29, 1.82) is 0 Å². The number of aromatic nitrogens is 1.